The first-order valence-electron chi connectivity index (χ1n) is 12.4. The summed E-state index contributed by atoms with van der Waals surface area (Å²) in [5.41, 5.74) is 2.37. The van der Waals surface area contributed by atoms with Crippen molar-refractivity contribution in [2.24, 2.45) is 0 Å². The number of hydrogen-bond acceptors (Lipinski definition) is 6. The van der Waals surface area contributed by atoms with E-state index in [0.29, 0.717) is 31.0 Å². The molecule has 2 unspecified atom stereocenters. The standard InChI is InChI=1S/C28H34N2O5/c1-5-29(6-2)14-15-30-25(19-8-11-22(12-9-19)34-7-3)24(27(32)28(30)33)26(31)20-10-13-23-21(17-20)16-18(4)35-23/h8-13,17-18,25,31H,5-7,14-16H2,1-4H3/b26-24+. The van der Waals surface area contributed by atoms with Crippen molar-refractivity contribution in [2.75, 3.05) is 32.8 Å². The number of benzene rings is 2. The highest BCUT2D eigenvalue weighted by Gasteiger charge is 2.46. The average molecular weight is 479 g/mol. The fourth-order valence-electron chi connectivity index (χ4n) is 4.88. The molecule has 0 spiro atoms. The SMILES string of the molecule is CCOc1ccc(C2/C(=C(\O)c3ccc4c(c3)CC(C)O4)C(=O)C(=O)N2CCN(CC)CC)cc1. The second-order valence-electron chi connectivity index (χ2n) is 8.98. The highest BCUT2D eigenvalue weighted by Crippen LogP contribution is 2.40. The van der Waals surface area contributed by atoms with Crippen molar-refractivity contribution in [1.29, 1.82) is 0 Å². The lowest BCUT2D eigenvalue weighted by Crippen LogP contribution is -2.38. The number of hydrogen-bond donors (Lipinski definition) is 1. The van der Waals surface area contributed by atoms with Crippen LogP contribution < -0.4 is 9.47 Å². The van der Waals surface area contributed by atoms with Crippen molar-refractivity contribution in [2.45, 2.75) is 46.3 Å². The highest BCUT2D eigenvalue weighted by molar-refractivity contribution is 6.46. The summed E-state index contributed by atoms with van der Waals surface area (Å²) in [5, 5.41) is 11.4. The summed E-state index contributed by atoms with van der Waals surface area (Å²) in [4.78, 5) is 30.3. The first kappa shape index (κ1) is 24.8. The predicted molar refractivity (Wildman–Crippen MR) is 135 cm³/mol. The fraction of sp³-hybridized carbons (Fsp3) is 0.429. The molecule has 1 fully saturated rings. The number of nitrogens with zero attached hydrogens (tertiary/aromatic N) is 2. The lowest BCUT2D eigenvalue weighted by atomic mass is 9.94. The van der Waals surface area contributed by atoms with Gasteiger partial charge in [0.1, 0.15) is 23.4 Å². The van der Waals surface area contributed by atoms with Crippen LogP contribution in [-0.2, 0) is 16.0 Å². The Morgan fingerprint density at radius 3 is 2.49 bits per heavy atom. The quantitative estimate of drug-likeness (QED) is 0.331. The molecule has 2 heterocycles. The Balaban J connectivity index is 1.76. The van der Waals surface area contributed by atoms with Crippen molar-refractivity contribution >= 4 is 17.4 Å². The molecule has 0 saturated carbocycles. The van der Waals surface area contributed by atoms with Gasteiger partial charge in [0.15, 0.2) is 0 Å². The molecule has 186 valence electrons. The van der Waals surface area contributed by atoms with Crippen LogP contribution in [0.1, 0.15) is 50.4 Å². The van der Waals surface area contributed by atoms with E-state index >= 15 is 0 Å². The van der Waals surface area contributed by atoms with Crippen LogP contribution in [-0.4, -0.2) is 65.5 Å². The number of ether oxygens (including phenoxy) is 2. The van der Waals surface area contributed by atoms with E-state index in [4.69, 9.17) is 9.47 Å². The van der Waals surface area contributed by atoms with Crippen LogP contribution in [0.15, 0.2) is 48.0 Å². The third-order valence-electron chi connectivity index (χ3n) is 6.77. The Hall–Kier alpha value is -3.32. The maximum Gasteiger partial charge on any atom is 0.295 e. The number of rotatable bonds is 9. The van der Waals surface area contributed by atoms with E-state index in [1.807, 2.05) is 50.2 Å². The Labute approximate surface area is 206 Å². The topological polar surface area (TPSA) is 79.3 Å². The Bertz CT molecular complexity index is 1120. The number of likely N-dealkylation sites (tertiary alicyclic amines) is 1. The number of fused-ring (bicyclic) bond motifs is 1. The smallest absolute Gasteiger partial charge is 0.295 e. The molecule has 4 rings (SSSR count). The van der Waals surface area contributed by atoms with Gasteiger partial charge in [-0.15, -0.1) is 0 Å². The zero-order valence-corrected chi connectivity index (χ0v) is 20.9. The van der Waals surface area contributed by atoms with Crippen molar-refractivity contribution in [3.05, 3.63) is 64.7 Å². The van der Waals surface area contributed by atoms with Gasteiger partial charge in [-0.05, 0) is 68.4 Å². The van der Waals surface area contributed by atoms with Gasteiger partial charge in [-0.3, -0.25) is 9.59 Å². The molecule has 0 bridgehead atoms. The molecule has 2 aliphatic rings. The van der Waals surface area contributed by atoms with Crippen LogP contribution in [0.5, 0.6) is 11.5 Å². The van der Waals surface area contributed by atoms with E-state index in [0.717, 1.165) is 36.4 Å². The molecule has 1 saturated heterocycles. The summed E-state index contributed by atoms with van der Waals surface area (Å²) < 4.78 is 11.3. The number of carbonyl (C=O) groups excluding carboxylic acids is 2. The molecule has 2 aliphatic heterocycles. The Morgan fingerprint density at radius 1 is 1.11 bits per heavy atom. The number of amides is 1. The number of likely N-dealkylation sites (N-methyl/N-ethyl adjacent to an activating group) is 1. The summed E-state index contributed by atoms with van der Waals surface area (Å²) in [6.45, 7) is 11.3. The van der Waals surface area contributed by atoms with Gasteiger partial charge >= 0.3 is 0 Å². The Kier molecular flexibility index (Phi) is 7.45. The van der Waals surface area contributed by atoms with Crippen molar-refractivity contribution in [3.8, 4) is 11.5 Å². The molecule has 2 atom stereocenters. The number of aliphatic hydroxyl groups excluding tert-OH is 1. The molecule has 35 heavy (non-hydrogen) atoms. The third-order valence-corrected chi connectivity index (χ3v) is 6.77. The van der Waals surface area contributed by atoms with Gasteiger partial charge in [-0.25, -0.2) is 0 Å². The second kappa shape index (κ2) is 10.5. The van der Waals surface area contributed by atoms with Crippen LogP contribution in [0.2, 0.25) is 0 Å². The summed E-state index contributed by atoms with van der Waals surface area (Å²) >= 11 is 0. The number of Topliss-reactive ketones (excluding diaryl/α,β-unsaturated/α-hetero) is 1. The maximum absolute atomic E-state index is 13.3. The average Bonchev–Trinajstić information content (AvgIpc) is 3.35. The van der Waals surface area contributed by atoms with Crippen molar-refractivity contribution in [3.63, 3.8) is 0 Å². The van der Waals surface area contributed by atoms with E-state index in [-0.39, 0.29) is 17.4 Å². The van der Waals surface area contributed by atoms with E-state index < -0.39 is 17.7 Å². The number of carbonyl (C=O) groups is 2. The van der Waals surface area contributed by atoms with Gasteiger partial charge in [0.25, 0.3) is 11.7 Å². The largest absolute Gasteiger partial charge is 0.507 e. The minimum absolute atomic E-state index is 0.0666. The molecule has 2 aromatic rings. The number of aliphatic hydroxyl groups is 1. The summed E-state index contributed by atoms with van der Waals surface area (Å²) in [5.74, 6) is 0.0950. The fourth-order valence-corrected chi connectivity index (χ4v) is 4.88. The van der Waals surface area contributed by atoms with Gasteiger partial charge < -0.3 is 24.4 Å². The van der Waals surface area contributed by atoms with Crippen LogP contribution >= 0.6 is 0 Å². The van der Waals surface area contributed by atoms with Crippen LogP contribution in [0.3, 0.4) is 0 Å². The molecule has 7 heteroatoms. The molecule has 7 nitrogen and oxygen atoms in total. The van der Waals surface area contributed by atoms with E-state index in [2.05, 4.69) is 18.7 Å². The van der Waals surface area contributed by atoms with Gasteiger partial charge in [0, 0.05) is 25.1 Å². The summed E-state index contributed by atoms with van der Waals surface area (Å²) in [7, 11) is 0. The lowest BCUT2D eigenvalue weighted by Gasteiger charge is -2.28. The van der Waals surface area contributed by atoms with Crippen molar-refractivity contribution in [1.82, 2.24) is 9.80 Å². The zero-order valence-electron chi connectivity index (χ0n) is 20.9. The Morgan fingerprint density at radius 2 is 1.83 bits per heavy atom. The molecule has 1 N–H and O–H groups in total. The third kappa shape index (κ3) is 4.91. The van der Waals surface area contributed by atoms with Crippen LogP contribution in [0.25, 0.3) is 5.76 Å². The van der Waals surface area contributed by atoms with E-state index in [1.165, 1.54) is 0 Å². The normalized spacial score (nSPS) is 20.9. The molecular weight excluding hydrogens is 444 g/mol. The minimum Gasteiger partial charge on any atom is -0.507 e. The first-order chi connectivity index (χ1) is 16.9. The zero-order chi connectivity index (χ0) is 25.1. The van der Waals surface area contributed by atoms with Gasteiger partial charge in [-0.1, -0.05) is 26.0 Å². The van der Waals surface area contributed by atoms with E-state index in [1.54, 1.807) is 11.0 Å². The minimum atomic E-state index is -0.676. The predicted octanol–water partition coefficient (Wildman–Crippen LogP) is 4.17. The van der Waals surface area contributed by atoms with Crippen molar-refractivity contribution < 1.29 is 24.2 Å². The first-order valence-corrected chi connectivity index (χ1v) is 12.4. The van der Waals surface area contributed by atoms with Crippen LogP contribution in [0.4, 0.5) is 0 Å². The summed E-state index contributed by atoms with van der Waals surface area (Å²) in [6, 6.07) is 12.1. The molecule has 0 radical (unpaired) electrons. The molecule has 0 aliphatic carbocycles. The lowest BCUT2D eigenvalue weighted by molar-refractivity contribution is -0.140. The number of ketones is 1. The molecule has 2 aromatic carbocycles. The van der Waals surface area contributed by atoms with E-state index in [9.17, 15) is 14.7 Å². The highest BCUT2D eigenvalue weighted by atomic mass is 16.5. The van der Waals surface area contributed by atoms with Gasteiger partial charge in [-0.2, -0.15) is 0 Å². The second-order valence-corrected chi connectivity index (χ2v) is 8.98. The monoisotopic (exact) mass is 478 g/mol. The molecular formula is C28H34N2O5. The van der Waals surface area contributed by atoms with Gasteiger partial charge in [0.05, 0.1) is 18.2 Å². The summed E-state index contributed by atoms with van der Waals surface area (Å²) in [6.07, 6.45) is 0.800. The van der Waals surface area contributed by atoms with Crippen LogP contribution in [0, 0.1) is 0 Å². The molecule has 0 aromatic heterocycles. The molecule has 1 amide bonds. The maximum atomic E-state index is 13.3. The van der Waals surface area contributed by atoms with Gasteiger partial charge in [0.2, 0.25) is 0 Å².